The molecule has 1 amide bonds. The van der Waals surface area contributed by atoms with E-state index in [4.69, 9.17) is 0 Å². The van der Waals surface area contributed by atoms with Crippen LogP contribution in [0, 0.1) is 6.92 Å². The number of nitrogens with zero attached hydrogens (tertiary/aromatic N) is 4. The van der Waals surface area contributed by atoms with E-state index in [1.54, 1.807) is 24.3 Å². The van der Waals surface area contributed by atoms with Gasteiger partial charge in [-0.3, -0.25) is 19.3 Å². The molecule has 0 bridgehead atoms. The fraction of sp³-hybridized carbons (Fsp3) is 0.0952. The Labute approximate surface area is 173 Å². The summed E-state index contributed by atoms with van der Waals surface area (Å²) in [6, 6.07) is 14.5. The van der Waals surface area contributed by atoms with Gasteiger partial charge < -0.3 is 5.11 Å². The van der Waals surface area contributed by atoms with Gasteiger partial charge in [0.2, 0.25) is 4.96 Å². The van der Waals surface area contributed by atoms with E-state index < -0.39 is 24.0 Å². The van der Waals surface area contributed by atoms with E-state index in [-0.39, 0.29) is 10.1 Å². The molecular weight excluding hydrogens is 404 g/mol. The first kappa shape index (κ1) is 18.2. The van der Waals surface area contributed by atoms with E-state index >= 15 is 0 Å². The van der Waals surface area contributed by atoms with E-state index in [1.807, 2.05) is 31.2 Å². The lowest BCUT2D eigenvalue weighted by molar-refractivity contribution is -0.136. The second-order valence-corrected chi connectivity index (χ2v) is 7.84. The Morgan fingerprint density at radius 3 is 2.47 bits per heavy atom. The van der Waals surface area contributed by atoms with Crippen LogP contribution in [0.25, 0.3) is 21.9 Å². The van der Waals surface area contributed by atoms with Crippen LogP contribution in [0.1, 0.15) is 11.1 Å². The normalized spacial score (nSPS) is 15.1. The third-order valence-electron chi connectivity index (χ3n) is 4.99. The zero-order chi connectivity index (χ0) is 21.0. The number of benzene rings is 2. The lowest BCUT2D eigenvalue weighted by Crippen LogP contribution is -2.35. The average Bonchev–Trinajstić information content (AvgIpc) is 3.34. The van der Waals surface area contributed by atoms with E-state index in [2.05, 4.69) is 10.1 Å². The molecule has 8 nitrogen and oxygen atoms in total. The zero-order valence-corrected chi connectivity index (χ0v) is 16.5. The van der Waals surface area contributed by atoms with Crippen LogP contribution >= 0.6 is 11.3 Å². The number of carbonyl (C=O) groups excluding carboxylic acids is 1. The monoisotopic (exact) mass is 418 g/mol. The summed E-state index contributed by atoms with van der Waals surface area (Å²) >= 11 is 1.08. The Hall–Kier alpha value is -3.85. The molecule has 5 rings (SSSR count). The molecule has 0 fully saturated rings. The summed E-state index contributed by atoms with van der Waals surface area (Å²) in [4.78, 5) is 43.4. The van der Waals surface area contributed by atoms with Crippen LogP contribution in [0.5, 0.6) is 0 Å². The summed E-state index contributed by atoms with van der Waals surface area (Å²) in [5, 5.41) is 13.5. The number of para-hydroxylation sites is 1. The molecule has 4 aromatic rings. The van der Waals surface area contributed by atoms with Crippen molar-refractivity contribution >= 4 is 39.4 Å². The van der Waals surface area contributed by atoms with Gasteiger partial charge in [-0.1, -0.05) is 53.8 Å². The fourth-order valence-corrected chi connectivity index (χ4v) is 4.61. The summed E-state index contributed by atoms with van der Waals surface area (Å²) in [6.07, 6.45) is 0. The van der Waals surface area contributed by atoms with Crippen LogP contribution in [0.3, 0.4) is 0 Å². The maximum absolute atomic E-state index is 13.1. The predicted molar refractivity (Wildman–Crippen MR) is 111 cm³/mol. The van der Waals surface area contributed by atoms with Crippen molar-refractivity contribution in [2.45, 2.75) is 6.92 Å². The number of hydrogen-bond donors (Lipinski definition) is 1. The van der Waals surface area contributed by atoms with Crippen LogP contribution in [0.2, 0.25) is 0 Å². The molecular formula is C21H14N4O4S. The molecule has 1 aliphatic heterocycles. The highest BCUT2D eigenvalue weighted by molar-refractivity contribution is 7.15. The second kappa shape index (κ2) is 6.60. The number of carboxylic acid groups (broad SMARTS) is 1. The van der Waals surface area contributed by atoms with Crippen molar-refractivity contribution in [1.29, 1.82) is 0 Å². The number of rotatable bonds is 3. The molecule has 0 saturated carbocycles. The van der Waals surface area contributed by atoms with E-state index in [0.29, 0.717) is 22.0 Å². The molecule has 0 spiro atoms. The second-order valence-electron chi connectivity index (χ2n) is 6.86. The summed E-state index contributed by atoms with van der Waals surface area (Å²) in [5.41, 5.74) is 2.56. The number of hydrogen-bond acceptors (Lipinski definition) is 6. The highest BCUT2D eigenvalue weighted by Gasteiger charge is 2.35. The van der Waals surface area contributed by atoms with Gasteiger partial charge >= 0.3 is 5.97 Å². The highest BCUT2D eigenvalue weighted by atomic mass is 32.1. The van der Waals surface area contributed by atoms with Gasteiger partial charge in [-0.15, -0.1) is 5.10 Å². The molecule has 9 heteroatoms. The lowest BCUT2D eigenvalue weighted by Gasteiger charge is -2.13. The molecule has 0 aliphatic carbocycles. The van der Waals surface area contributed by atoms with Crippen molar-refractivity contribution < 1.29 is 14.7 Å². The van der Waals surface area contributed by atoms with Gasteiger partial charge in [0.15, 0.2) is 5.82 Å². The first-order valence-corrected chi connectivity index (χ1v) is 9.90. The molecule has 3 heterocycles. The van der Waals surface area contributed by atoms with Gasteiger partial charge in [-0.05, 0) is 18.6 Å². The van der Waals surface area contributed by atoms with Gasteiger partial charge in [-0.2, -0.15) is 9.50 Å². The zero-order valence-electron chi connectivity index (χ0n) is 15.7. The van der Waals surface area contributed by atoms with Crippen LogP contribution in [-0.4, -0.2) is 38.1 Å². The summed E-state index contributed by atoms with van der Waals surface area (Å²) < 4.78 is 1.40. The number of carbonyl (C=O) groups is 2. The van der Waals surface area contributed by atoms with Gasteiger partial charge in [0.05, 0.1) is 11.3 Å². The Bertz CT molecular complexity index is 1470. The van der Waals surface area contributed by atoms with Crippen molar-refractivity contribution in [2.24, 2.45) is 0 Å². The maximum atomic E-state index is 13.1. The van der Waals surface area contributed by atoms with Crippen LogP contribution in [-0.2, 0) is 9.59 Å². The lowest BCUT2D eigenvalue weighted by atomic mass is 10.1. The number of aromatic nitrogens is 3. The topological polar surface area (TPSA) is 105 Å². The van der Waals surface area contributed by atoms with Crippen LogP contribution < -0.4 is 15.0 Å². The SMILES string of the molecule is Cc1ccccc1-c1nc2s/c(=C3/C(=O)N(CC(=O)O)c4ccccc43)c(=O)n2n1. The minimum atomic E-state index is -1.13. The highest BCUT2D eigenvalue weighted by Crippen LogP contribution is 2.35. The molecule has 2 aromatic heterocycles. The first-order chi connectivity index (χ1) is 14.5. The number of fused-ring (bicyclic) bond motifs is 2. The maximum Gasteiger partial charge on any atom is 0.323 e. The van der Waals surface area contributed by atoms with Crippen molar-refractivity contribution in [3.05, 3.63) is 74.5 Å². The third-order valence-corrected chi connectivity index (χ3v) is 6.02. The molecule has 1 N–H and O–H groups in total. The van der Waals surface area contributed by atoms with E-state index in [0.717, 1.165) is 22.5 Å². The number of amides is 1. The summed E-state index contributed by atoms with van der Waals surface area (Å²) in [5.74, 6) is -1.20. The molecule has 0 saturated heterocycles. The number of carboxylic acids is 1. The summed E-state index contributed by atoms with van der Waals surface area (Å²) in [7, 11) is 0. The smallest absolute Gasteiger partial charge is 0.323 e. The minimum Gasteiger partial charge on any atom is -0.480 e. The molecule has 2 aromatic carbocycles. The largest absolute Gasteiger partial charge is 0.480 e. The standard InChI is InChI=1S/C21H14N4O4S/c1-11-6-2-3-7-12(11)18-22-21-25(23-18)20(29)17(30-21)16-13-8-4-5-9-14(13)24(19(16)28)10-15(26)27/h2-9H,10H2,1H3,(H,26,27)/b17-16+. The third kappa shape index (κ3) is 2.63. The van der Waals surface area contributed by atoms with Crippen LogP contribution in [0.4, 0.5) is 5.69 Å². The van der Waals surface area contributed by atoms with Crippen molar-refractivity contribution in [1.82, 2.24) is 14.6 Å². The number of aliphatic carboxylic acids is 1. The summed E-state index contributed by atoms with van der Waals surface area (Å²) in [6.45, 7) is 1.46. The fourth-order valence-electron chi connectivity index (χ4n) is 3.61. The van der Waals surface area contributed by atoms with Gasteiger partial charge in [0, 0.05) is 11.1 Å². The van der Waals surface area contributed by atoms with Gasteiger partial charge in [-0.25, -0.2) is 0 Å². The molecule has 0 atom stereocenters. The molecule has 0 radical (unpaired) electrons. The molecule has 1 aliphatic rings. The van der Waals surface area contributed by atoms with Gasteiger partial charge in [0.1, 0.15) is 11.1 Å². The van der Waals surface area contributed by atoms with Crippen LogP contribution in [0.15, 0.2) is 53.3 Å². The predicted octanol–water partition coefficient (Wildman–Crippen LogP) is 1.48. The first-order valence-electron chi connectivity index (χ1n) is 9.08. The Morgan fingerprint density at radius 1 is 1.07 bits per heavy atom. The van der Waals surface area contributed by atoms with E-state index in [9.17, 15) is 19.5 Å². The average molecular weight is 418 g/mol. The Kier molecular flexibility index (Phi) is 4.00. The molecule has 30 heavy (non-hydrogen) atoms. The number of aryl methyl sites for hydroxylation is 1. The van der Waals surface area contributed by atoms with Crippen molar-refractivity contribution in [3.63, 3.8) is 0 Å². The van der Waals surface area contributed by atoms with E-state index in [1.165, 1.54) is 9.42 Å². The van der Waals surface area contributed by atoms with Crippen molar-refractivity contribution in [2.75, 3.05) is 11.4 Å². The molecule has 148 valence electrons. The molecule has 0 unspecified atom stereocenters. The number of thiazole rings is 1. The minimum absolute atomic E-state index is 0.187. The quantitative estimate of drug-likeness (QED) is 0.540. The number of anilines is 1. The Balaban J connectivity index is 1.73. The van der Waals surface area contributed by atoms with Gasteiger partial charge in [0.25, 0.3) is 11.5 Å². The van der Waals surface area contributed by atoms with Crippen molar-refractivity contribution in [3.8, 4) is 11.4 Å². The Morgan fingerprint density at radius 2 is 1.77 bits per heavy atom.